The molecule has 134 valence electrons. The SMILES string of the molecule is CCOCc1cc(N2CCC(NC(=O)OC(C)(C)C)CC2)ncn1. The summed E-state index contributed by atoms with van der Waals surface area (Å²) in [5, 5.41) is 2.95. The number of hydrogen-bond donors (Lipinski definition) is 1. The van der Waals surface area contributed by atoms with Crippen molar-refractivity contribution in [1.29, 1.82) is 0 Å². The predicted molar refractivity (Wildman–Crippen MR) is 92.0 cm³/mol. The zero-order chi connectivity index (χ0) is 17.6. The minimum Gasteiger partial charge on any atom is -0.444 e. The molecule has 0 aliphatic carbocycles. The quantitative estimate of drug-likeness (QED) is 0.890. The zero-order valence-corrected chi connectivity index (χ0v) is 15.0. The Morgan fingerprint density at radius 1 is 1.33 bits per heavy atom. The second-order valence-electron chi connectivity index (χ2n) is 6.91. The van der Waals surface area contributed by atoms with E-state index in [4.69, 9.17) is 9.47 Å². The summed E-state index contributed by atoms with van der Waals surface area (Å²) < 4.78 is 10.7. The standard InChI is InChI=1S/C17H28N4O3/c1-5-23-11-14-10-15(19-12-18-14)21-8-6-13(7-9-21)20-16(22)24-17(2,3)4/h10,12-13H,5-9,11H2,1-4H3,(H,20,22). The van der Waals surface area contributed by atoms with Crippen molar-refractivity contribution in [1.82, 2.24) is 15.3 Å². The number of aromatic nitrogens is 2. The molecular weight excluding hydrogens is 308 g/mol. The Labute approximate surface area is 143 Å². The normalized spacial score (nSPS) is 16.1. The number of anilines is 1. The van der Waals surface area contributed by atoms with Gasteiger partial charge in [-0.15, -0.1) is 0 Å². The number of piperidine rings is 1. The molecule has 24 heavy (non-hydrogen) atoms. The monoisotopic (exact) mass is 336 g/mol. The summed E-state index contributed by atoms with van der Waals surface area (Å²) in [6.45, 7) is 10.4. The van der Waals surface area contributed by atoms with Gasteiger partial charge in [0.15, 0.2) is 0 Å². The first-order chi connectivity index (χ1) is 11.4. The van der Waals surface area contributed by atoms with Crippen molar-refractivity contribution in [3.63, 3.8) is 0 Å². The maximum Gasteiger partial charge on any atom is 0.407 e. The first kappa shape index (κ1) is 18.4. The number of alkyl carbamates (subject to hydrolysis) is 1. The molecule has 1 aliphatic rings. The van der Waals surface area contributed by atoms with Gasteiger partial charge in [-0.2, -0.15) is 0 Å². The maximum atomic E-state index is 11.8. The van der Waals surface area contributed by atoms with Crippen LogP contribution in [0, 0.1) is 0 Å². The molecule has 0 radical (unpaired) electrons. The van der Waals surface area contributed by atoms with Gasteiger partial charge < -0.3 is 19.7 Å². The lowest BCUT2D eigenvalue weighted by Crippen LogP contribution is -2.46. The number of hydrogen-bond acceptors (Lipinski definition) is 6. The van der Waals surface area contributed by atoms with E-state index in [0.29, 0.717) is 13.2 Å². The van der Waals surface area contributed by atoms with Crippen LogP contribution in [0.25, 0.3) is 0 Å². The average Bonchev–Trinajstić information content (AvgIpc) is 2.52. The van der Waals surface area contributed by atoms with Crippen LogP contribution in [-0.4, -0.2) is 47.4 Å². The molecule has 0 atom stereocenters. The topological polar surface area (TPSA) is 76.6 Å². The summed E-state index contributed by atoms with van der Waals surface area (Å²) in [4.78, 5) is 22.6. The molecule has 0 bridgehead atoms. The largest absolute Gasteiger partial charge is 0.444 e. The molecule has 0 unspecified atom stereocenters. The van der Waals surface area contributed by atoms with Crippen LogP contribution in [0.2, 0.25) is 0 Å². The first-order valence-electron chi connectivity index (χ1n) is 8.50. The molecule has 1 fully saturated rings. The summed E-state index contributed by atoms with van der Waals surface area (Å²) in [5.41, 5.74) is 0.416. The van der Waals surface area contributed by atoms with Gasteiger partial charge in [0, 0.05) is 31.8 Å². The fourth-order valence-electron chi connectivity index (χ4n) is 2.57. The van der Waals surface area contributed by atoms with Crippen LogP contribution >= 0.6 is 0 Å². The van der Waals surface area contributed by atoms with Gasteiger partial charge in [0.2, 0.25) is 0 Å². The number of carbonyl (C=O) groups excluding carboxylic acids is 1. The molecule has 7 heteroatoms. The number of nitrogens with one attached hydrogen (secondary N) is 1. The Morgan fingerprint density at radius 3 is 2.67 bits per heavy atom. The van der Waals surface area contributed by atoms with Gasteiger partial charge in [-0.3, -0.25) is 0 Å². The fourth-order valence-corrected chi connectivity index (χ4v) is 2.57. The highest BCUT2D eigenvalue weighted by molar-refractivity contribution is 5.68. The van der Waals surface area contributed by atoms with Gasteiger partial charge in [0.25, 0.3) is 0 Å². The molecule has 1 aromatic heterocycles. The Hall–Kier alpha value is -1.89. The van der Waals surface area contributed by atoms with E-state index in [2.05, 4.69) is 20.2 Å². The van der Waals surface area contributed by atoms with E-state index in [1.165, 1.54) is 0 Å². The molecule has 2 heterocycles. The van der Waals surface area contributed by atoms with Crippen LogP contribution in [0.4, 0.5) is 10.6 Å². The highest BCUT2D eigenvalue weighted by atomic mass is 16.6. The minimum atomic E-state index is -0.470. The molecule has 1 aliphatic heterocycles. The van der Waals surface area contributed by atoms with Crippen LogP contribution in [-0.2, 0) is 16.1 Å². The Bertz CT molecular complexity index is 537. The van der Waals surface area contributed by atoms with E-state index in [1.54, 1.807) is 6.33 Å². The second-order valence-corrected chi connectivity index (χ2v) is 6.91. The van der Waals surface area contributed by atoms with Crippen molar-refractivity contribution in [3.8, 4) is 0 Å². The summed E-state index contributed by atoms with van der Waals surface area (Å²) in [6, 6.07) is 2.11. The third kappa shape index (κ3) is 5.96. The highest BCUT2D eigenvalue weighted by Gasteiger charge is 2.24. The van der Waals surface area contributed by atoms with Crippen molar-refractivity contribution >= 4 is 11.9 Å². The highest BCUT2D eigenvalue weighted by Crippen LogP contribution is 2.19. The Balaban J connectivity index is 1.83. The van der Waals surface area contributed by atoms with Gasteiger partial charge in [-0.25, -0.2) is 14.8 Å². The van der Waals surface area contributed by atoms with Gasteiger partial charge in [0.05, 0.1) is 12.3 Å². The molecule has 0 spiro atoms. The molecule has 1 amide bonds. The van der Waals surface area contributed by atoms with Gasteiger partial charge >= 0.3 is 6.09 Å². The van der Waals surface area contributed by atoms with E-state index in [0.717, 1.165) is 37.4 Å². The van der Waals surface area contributed by atoms with Crippen molar-refractivity contribution in [3.05, 3.63) is 18.1 Å². The molecule has 1 aromatic rings. The number of amides is 1. The Kier molecular flexibility index (Phi) is 6.36. The van der Waals surface area contributed by atoms with Gasteiger partial charge in [-0.1, -0.05) is 0 Å². The number of ether oxygens (including phenoxy) is 2. The summed E-state index contributed by atoms with van der Waals surface area (Å²) >= 11 is 0. The van der Waals surface area contributed by atoms with Crippen molar-refractivity contribution in [2.24, 2.45) is 0 Å². The average molecular weight is 336 g/mol. The van der Waals surface area contributed by atoms with Crippen molar-refractivity contribution < 1.29 is 14.3 Å². The molecule has 0 aromatic carbocycles. The lowest BCUT2D eigenvalue weighted by molar-refractivity contribution is 0.0497. The molecule has 1 saturated heterocycles. The predicted octanol–water partition coefficient (Wildman–Crippen LogP) is 2.51. The lowest BCUT2D eigenvalue weighted by atomic mass is 10.1. The van der Waals surface area contributed by atoms with Gasteiger partial charge in [-0.05, 0) is 40.5 Å². The van der Waals surface area contributed by atoms with Crippen molar-refractivity contribution in [2.75, 3.05) is 24.6 Å². The molecule has 2 rings (SSSR count). The number of nitrogens with zero attached hydrogens (tertiary/aromatic N) is 3. The molecule has 1 N–H and O–H groups in total. The van der Waals surface area contributed by atoms with E-state index in [-0.39, 0.29) is 12.1 Å². The first-order valence-corrected chi connectivity index (χ1v) is 8.50. The molecular formula is C17H28N4O3. The summed E-state index contributed by atoms with van der Waals surface area (Å²) in [5.74, 6) is 0.912. The fraction of sp³-hybridized carbons (Fsp3) is 0.706. The van der Waals surface area contributed by atoms with Crippen LogP contribution in [0.5, 0.6) is 0 Å². The van der Waals surface area contributed by atoms with E-state index in [9.17, 15) is 4.79 Å². The van der Waals surface area contributed by atoms with E-state index < -0.39 is 5.60 Å². The van der Waals surface area contributed by atoms with Crippen LogP contribution in [0.15, 0.2) is 12.4 Å². The van der Waals surface area contributed by atoms with E-state index in [1.807, 2.05) is 33.8 Å². The Morgan fingerprint density at radius 2 is 2.04 bits per heavy atom. The van der Waals surface area contributed by atoms with Crippen LogP contribution in [0.3, 0.4) is 0 Å². The summed E-state index contributed by atoms with van der Waals surface area (Å²) in [7, 11) is 0. The number of rotatable bonds is 5. The van der Waals surface area contributed by atoms with Gasteiger partial charge in [0.1, 0.15) is 17.7 Å². The summed E-state index contributed by atoms with van der Waals surface area (Å²) in [6.07, 6.45) is 2.96. The minimum absolute atomic E-state index is 0.140. The third-order valence-corrected chi connectivity index (χ3v) is 3.70. The van der Waals surface area contributed by atoms with Crippen LogP contribution in [0.1, 0.15) is 46.2 Å². The van der Waals surface area contributed by atoms with E-state index >= 15 is 0 Å². The number of carbonyl (C=O) groups is 1. The lowest BCUT2D eigenvalue weighted by Gasteiger charge is -2.33. The molecule has 0 saturated carbocycles. The third-order valence-electron chi connectivity index (χ3n) is 3.70. The smallest absolute Gasteiger partial charge is 0.407 e. The second kappa shape index (κ2) is 8.28. The zero-order valence-electron chi connectivity index (χ0n) is 15.0. The van der Waals surface area contributed by atoms with Crippen LogP contribution < -0.4 is 10.2 Å². The van der Waals surface area contributed by atoms with Crippen molar-refractivity contribution in [2.45, 2.75) is 58.8 Å². The maximum absolute atomic E-state index is 11.8. The molecule has 7 nitrogen and oxygen atoms in total.